The highest BCUT2D eigenvalue weighted by Crippen LogP contribution is 2.08. The van der Waals surface area contributed by atoms with Crippen LogP contribution in [-0.4, -0.2) is 78.0 Å². The van der Waals surface area contributed by atoms with Crippen LogP contribution in [0.25, 0.3) is 0 Å². The van der Waals surface area contributed by atoms with Crippen LogP contribution in [0.3, 0.4) is 0 Å². The van der Waals surface area contributed by atoms with Gasteiger partial charge in [0.2, 0.25) is 17.7 Å². The molecule has 0 radical (unpaired) electrons. The SMILES string of the molecule is CC(C)C(N)C(=O)NC(C(=O)NC(CCCN=C(N)N)C(=O)NC(CCCN=C(N)N)C(=O)O)C(C)C. The highest BCUT2D eigenvalue weighted by atomic mass is 16.4. The van der Waals surface area contributed by atoms with Gasteiger partial charge in [0.1, 0.15) is 18.1 Å². The number of carboxylic acids is 1. The summed E-state index contributed by atoms with van der Waals surface area (Å²) in [5.41, 5.74) is 27.1. The van der Waals surface area contributed by atoms with E-state index in [0.29, 0.717) is 12.8 Å². The Balaban J connectivity index is 5.57. The molecular weight excluding hydrogens is 484 g/mol. The van der Waals surface area contributed by atoms with Gasteiger partial charge in [-0.25, -0.2) is 4.79 Å². The van der Waals surface area contributed by atoms with Crippen LogP contribution in [-0.2, 0) is 19.2 Å². The predicted octanol–water partition coefficient (Wildman–Crippen LogP) is -2.73. The van der Waals surface area contributed by atoms with Crippen LogP contribution >= 0.6 is 0 Å². The summed E-state index contributed by atoms with van der Waals surface area (Å²) in [5, 5.41) is 17.2. The van der Waals surface area contributed by atoms with E-state index >= 15 is 0 Å². The van der Waals surface area contributed by atoms with Crippen LogP contribution < -0.4 is 44.6 Å². The van der Waals surface area contributed by atoms with E-state index in [9.17, 15) is 24.3 Å². The van der Waals surface area contributed by atoms with Crippen molar-refractivity contribution < 1.29 is 24.3 Å². The minimum Gasteiger partial charge on any atom is -0.480 e. The van der Waals surface area contributed by atoms with Gasteiger partial charge in [-0.15, -0.1) is 0 Å². The van der Waals surface area contributed by atoms with Gasteiger partial charge in [-0.3, -0.25) is 24.4 Å². The minimum atomic E-state index is -1.25. The van der Waals surface area contributed by atoms with Crippen molar-refractivity contribution in [2.24, 2.45) is 50.5 Å². The molecule has 0 heterocycles. The molecule has 37 heavy (non-hydrogen) atoms. The zero-order valence-corrected chi connectivity index (χ0v) is 22.1. The Labute approximate surface area is 217 Å². The maximum absolute atomic E-state index is 13.1. The number of hydrogen-bond acceptors (Lipinski definition) is 7. The third kappa shape index (κ3) is 13.9. The monoisotopic (exact) mass is 528 g/mol. The van der Waals surface area contributed by atoms with Crippen molar-refractivity contribution in [1.82, 2.24) is 16.0 Å². The van der Waals surface area contributed by atoms with E-state index in [1.807, 2.05) is 0 Å². The fraction of sp³-hybridized carbons (Fsp3) is 0.727. The smallest absolute Gasteiger partial charge is 0.326 e. The Bertz CT molecular complexity index is 823. The van der Waals surface area contributed by atoms with Crippen molar-refractivity contribution in [2.75, 3.05) is 13.1 Å². The van der Waals surface area contributed by atoms with Crippen molar-refractivity contribution in [3.8, 4) is 0 Å². The standard InChI is InChI=1S/C22H44N10O5/c1-11(2)15(23)18(34)32-16(12(3)4)19(35)30-13(7-5-9-28-21(24)25)17(33)31-14(20(36)37)8-6-10-29-22(26)27/h11-16H,5-10,23H2,1-4H3,(H,30,35)(H,31,33)(H,32,34)(H,36,37)(H4,24,25,28)(H4,26,27,29). The summed E-state index contributed by atoms with van der Waals surface area (Å²) >= 11 is 0. The third-order valence-electron chi connectivity index (χ3n) is 5.41. The second-order valence-electron chi connectivity index (χ2n) is 9.36. The first-order chi connectivity index (χ1) is 17.2. The van der Waals surface area contributed by atoms with Gasteiger partial charge in [0, 0.05) is 13.1 Å². The van der Waals surface area contributed by atoms with Gasteiger partial charge in [-0.1, -0.05) is 27.7 Å². The maximum atomic E-state index is 13.1. The van der Waals surface area contributed by atoms with Crippen molar-refractivity contribution in [2.45, 2.75) is 77.5 Å². The fourth-order valence-electron chi connectivity index (χ4n) is 3.15. The van der Waals surface area contributed by atoms with E-state index in [1.165, 1.54) is 0 Å². The molecule has 0 aliphatic rings. The van der Waals surface area contributed by atoms with Gasteiger partial charge in [-0.2, -0.15) is 0 Å². The number of nitrogens with two attached hydrogens (primary N) is 5. The zero-order valence-electron chi connectivity index (χ0n) is 22.1. The van der Waals surface area contributed by atoms with Crippen LogP contribution in [0.15, 0.2) is 9.98 Å². The average Bonchev–Trinajstić information content (AvgIpc) is 2.79. The Kier molecular flexibility index (Phi) is 15.3. The normalized spacial score (nSPS) is 14.1. The predicted molar refractivity (Wildman–Crippen MR) is 141 cm³/mol. The number of aliphatic carboxylic acids is 1. The molecule has 0 rings (SSSR count). The van der Waals surface area contributed by atoms with Crippen molar-refractivity contribution in [1.29, 1.82) is 0 Å². The van der Waals surface area contributed by atoms with Gasteiger partial charge >= 0.3 is 5.97 Å². The van der Waals surface area contributed by atoms with Gasteiger partial charge < -0.3 is 49.7 Å². The molecule has 3 amide bonds. The molecule has 0 aliphatic carbocycles. The lowest BCUT2D eigenvalue weighted by Gasteiger charge is -2.27. The van der Waals surface area contributed by atoms with Crippen LogP contribution in [0.4, 0.5) is 0 Å². The molecule has 4 atom stereocenters. The quantitative estimate of drug-likeness (QED) is 0.0533. The number of hydrogen-bond donors (Lipinski definition) is 9. The molecule has 14 N–H and O–H groups in total. The summed E-state index contributed by atoms with van der Waals surface area (Å²) < 4.78 is 0. The van der Waals surface area contributed by atoms with Crippen molar-refractivity contribution in [3.63, 3.8) is 0 Å². The lowest BCUT2D eigenvalue weighted by Crippen LogP contribution is -2.58. The largest absolute Gasteiger partial charge is 0.480 e. The molecule has 0 aromatic rings. The van der Waals surface area contributed by atoms with Crippen LogP contribution in [0.2, 0.25) is 0 Å². The maximum Gasteiger partial charge on any atom is 0.326 e. The molecule has 0 saturated heterocycles. The molecule has 0 aromatic carbocycles. The van der Waals surface area contributed by atoms with Crippen LogP contribution in [0.1, 0.15) is 53.4 Å². The number of carboxylic acid groups (broad SMARTS) is 1. The molecule has 4 unspecified atom stereocenters. The van der Waals surface area contributed by atoms with E-state index in [0.717, 1.165) is 0 Å². The highest BCUT2D eigenvalue weighted by molar-refractivity contribution is 5.94. The Morgan fingerprint density at radius 1 is 0.703 bits per heavy atom. The molecule has 0 bridgehead atoms. The molecule has 0 fully saturated rings. The second-order valence-corrected chi connectivity index (χ2v) is 9.36. The average molecular weight is 529 g/mol. The van der Waals surface area contributed by atoms with E-state index in [-0.39, 0.29) is 49.7 Å². The van der Waals surface area contributed by atoms with Gasteiger partial charge in [-0.05, 0) is 37.5 Å². The van der Waals surface area contributed by atoms with E-state index in [1.54, 1.807) is 27.7 Å². The number of aliphatic imine (C=N–C) groups is 2. The van der Waals surface area contributed by atoms with Gasteiger partial charge in [0.15, 0.2) is 11.9 Å². The van der Waals surface area contributed by atoms with Crippen LogP contribution in [0, 0.1) is 11.8 Å². The zero-order chi connectivity index (χ0) is 28.7. The van der Waals surface area contributed by atoms with E-state index in [4.69, 9.17) is 28.7 Å². The Hall–Kier alpha value is -3.62. The minimum absolute atomic E-state index is 0.0598. The molecule has 0 spiro atoms. The molecule has 15 heteroatoms. The Morgan fingerprint density at radius 3 is 1.57 bits per heavy atom. The number of carbonyl (C=O) groups is 4. The summed E-state index contributed by atoms with van der Waals surface area (Å²) in [6.07, 6.45) is 0.785. The van der Waals surface area contributed by atoms with E-state index in [2.05, 4.69) is 25.9 Å². The first-order valence-corrected chi connectivity index (χ1v) is 12.2. The molecule has 212 valence electrons. The first-order valence-electron chi connectivity index (χ1n) is 12.2. The number of carbonyl (C=O) groups excluding carboxylic acids is 3. The highest BCUT2D eigenvalue weighted by Gasteiger charge is 2.31. The fourth-order valence-corrected chi connectivity index (χ4v) is 3.15. The van der Waals surface area contributed by atoms with Gasteiger partial charge in [0.05, 0.1) is 6.04 Å². The summed E-state index contributed by atoms with van der Waals surface area (Å²) in [6, 6.07) is -4.13. The summed E-state index contributed by atoms with van der Waals surface area (Å²) in [4.78, 5) is 57.9. The second kappa shape index (κ2) is 16.9. The number of amides is 3. The van der Waals surface area contributed by atoms with Crippen molar-refractivity contribution in [3.05, 3.63) is 0 Å². The first kappa shape index (κ1) is 33.4. The Morgan fingerprint density at radius 2 is 1.16 bits per heavy atom. The number of nitrogens with zero attached hydrogens (tertiary/aromatic N) is 2. The molecule has 0 aliphatic heterocycles. The lowest BCUT2D eigenvalue weighted by molar-refractivity contribution is -0.142. The summed E-state index contributed by atoms with van der Waals surface area (Å²) in [7, 11) is 0. The lowest BCUT2D eigenvalue weighted by atomic mass is 9.99. The number of rotatable bonds is 17. The summed E-state index contributed by atoms with van der Waals surface area (Å²) in [6.45, 7) is 7.40. The number of nitrogens with one attached hydrogen (secondary N) is 3. The van der Waals surface area contributed by atoms with Crippen LogP contribution in [0.5, 0.6) is 0 Å². The van der Waals surface area contributed by atoms with E-state index < -0.39 is 47.9 Å². The topological polar surface area (TPSA) is 279 Å². The summed E-state index contributed by atoms with van der Waals surface area (Å²) in [5.74, 6) is -3.79. The molecule has 0 saturated carbocycles. The molecule has 0 aromatic heterocycles. The number of guanidine groups is 2. The third-order valence-corrected chi connectivity index (χ3v) is 5.41. The molecule has 15 nitrogen and oxygen atoms in total. The molecular formula is C22H44N10O5. The van der Waals surface area contributed by atoms with Gasteiger partial charge in [0.25, 0.3) is 0 Å². The van der Waals surface area contributed by atoms with Crippen molar-refractivity contribution >= 4 is 35.6 Å².